The standard InChI is InChI=1S/C15H24O4/c1-3-14(12-7-5-4-6-8-12)19-11-13(16)9-10-15(17)18-2/h3,12,14H,1,4-11H2,2H3/t14-/m0/s1. The maximum absolute atomic E-state index is 11.6. The van der Waals surface area contributed by atoms with Gasteiger partial charge in [-0.3, -0.25) is 9.59 Å². The average Bonchev–Trinajstić information content (AvgIpc) is 2.46. The van der Waals surface area contributed by atoms with Crippen molar-refractivity contribution in [2.45, 2.75) is 51.0 Å². The maximum Gasteiger partial charge on any atom is 0.305 e. The number of esters is 1. The fourth-order valence-electron chi connectivity index (χ4n) is 2.46. The number of hydrogen-bond acceptors (Lipinski definition) is 4. The minimum atomic E-state index is -0.360. The van der Waals surface area contributed by atoms with Crippen LogP contribution in [0.1, 0.15) is 44.9 Å². The van der Waals surface area contributed by atoms with E-state index in [1.54, 1.807) is 6.08 Å². The monoisotopic (exact) mass is 268 g/mol. The summed E-state index contributed by atoms with van der Waals surface area (Å²) in [7, 11) is 1.32. The van der Waals surface area contributed by atoms with Crippen molar-refractivity contribution < 1.29 is 19.1 Å². The van der Waals surface area contributed by atoms with Crippen LogP contribution in [0.2, 0.25) is 0 Å². The lowest BCUT2D eigenvalue weighted by molar-refractivity contribution is -0.142. The SMILES string of the molecule is C=C[C@H](OCC(=O)CCC(=O)OC)C1CCCCC1. The number of hydrogen-bond donors (Lipinski definition) is 0. The van der Waals surface area contributed by atoms with Gasteiger partial charge in [0.15, 0.2) is 5.78 Å². The third kappa shape index (κ3) is 6.01. The number of carbonyl (C=O) groups excluding carboxylic acids is 2. The highest BCUT2D eigenvalue weighted by Crippen LogP contribution is 2.28. The number of ketones is 1. The molecule has 108 valence electrons. The second-order valence-corrected chi connectivity index (χ2v) is 5.02. The molecule has 0 spiro atoms. The fraction of sp³-hybridized carbons (Fsp3) is 0.733. The number of methoxy groups -OCH3 is 1. The average molecular weight is 268 g/mol. The topological polar surface area (TPSA) is 52.6 Å². The zero-order valence-electron chi connectivity index (χ0n) is 11.7. The van der Waals surface area contributed by atoms with Crippen LogP contribution in [-0.4, -0.2) is 31.6 Å². The summed E-state index contributed by atoms with van der Waals surface area (Å²) in [6.45, 7) is 3.85. The highest BCUT2D eigenvalue weighted by Gasteiger charge is 2.22. The van der Waals surface area contributed by atoms with E-state index in [0.29, 0.717) is 5.92 Å². The molecule has 0 radical (unpaired) electrons. The molecule has 19 heavy (non-hydrogen) atoms. The Morgan fingerprint density at radius 3 is 2.53 bits per heavy atom. The molecule has 1 aliphatic rings. The normalized spacial score (nSPS) is 17.7. The summed E-state index contributed by atoms with van der Waals surface area (Å²) < 4.78 is 10.1. The van der Waals surface area contributed by atoms with Gasteiger partial charge in [-0.2, -0.15) is 0 Å². The van der Waals surface area contributed by atoms with E-state index in [1.165, 1.54) is 26.4 Å². The summed E-state index contributed by atoms with van der Waals surface area (Å²) in [5.74, 6) is 0.0635. The van der Waals surface area contributed by atoms with Gasteiger partial charge in [0.1, 0.15) is 6.61 Å². The van der Waals surface area contributed by atoms with Crippen LogP contribution in [0, 0.1) is 5.92 Å². The molecule has 0 saturated heterocycles. The second-order valence-electron chi connectivity index (χ2n) is 5.02. The molecule has 4 nitrogen and oxygen atoms in total. The predicted molar refractivity (Wildman–Crippen MR) is 72.8 cm³/mol. The maximum atomic E-state index is 11.6. The highest BCUT2D eigenvalue weighted by molar-refractivity contribution is 5.83. The van der Waals surface area contributed by atoms with Crippen LogP contribution in [0.4, 0.5) is 0 Å². The third-order valence-electron chi connectivity index (χ3n) is 3.62. The molecule has 1 saturated carbocycles. The molecule has 0 heterocycles. The van der Waals surface area contributed by atoms with Gasteiger partial charge in [-0.05, 0) is 18.8 Å². The lowest BCUT2D eigenvalue weighted by atomic mass is 9.85. The first-order valence-corrected chi connectivity index (χ1v) is 7.00. The molecule has 1 fully saturated rings. The van der Waals surface area contributed by atoms with Gasteiger partial charge in [-0.1, -0.05) is 25.3 Å². The minimum absolute atomic E-state index is 0.0395. The minimum Gasteiger partial charge on any atom is -0.469 e. The van der Waals surface area contributed by atoms with Gasteiger partial charge in [0.05, 0.1) is 19.6 Å². The summed E-state index contributed by atoms with van der Waals surface area (Å²) in [4.78, 5) is 22.5. The van der Waals surface area contributed by atoms with Crippen molar-refractivity contribution in [2.24, 2.45) is 5.92 Å². The van der Waals surface area contributed by atoms with E-state index in [9.17, 15) is 9.59 Å². The number of Topliss-reactive ketones (excluding diaryl/α,β-unsaturated/α-hetero) is 1. The van der Waals surface area contributed by atoms with Gasteiger partial charge in [0.25, 0.3) is 0 Å². The van der Waals surface area contributed by atoms with Crippen molar-refractivity contribution in [1.29, 1.82) is 0 Å². The van der Waals surface area contributed by atoms with E-state index in [-0.39, 0.29) is 37.3 Å². The molecule has 0 bridgehead atoms. The zero-order valence-corrected chi connectivity index (χ0v) is 11.7. The van der Waals surface area contributed by atoms with Gasteiger partial charge < -0.3 is 9.47 Å². The summed E-state index contributed by atoms with van der Waals surface area (Å²) in [5.41, 5.74) is 0. The molecule has 1 rings (SSSR count). The van der Waals surface area contributed by atoms with E-state index in [0.717, 1.165) is 12.8 Å². The van der Waals surface area contributed by atoms with Gasteiger partial charge in [-0.15, -0.1) is 6.58 Å². The quantitative estimate of drug-likeness (QED) is 0.501. The number of ether oxygens (including phenoxy) is 2. The predicted octanol–water partition coefficient (Wildman–Crippen LogP) is 2.66. The smallest absolute Gasteiger partial charge is 0.305 e. The molecule has 0 aromatic heterocycles. The van der Waals surface area contributed by atoms with Crippen LogP contribution >= 0.6 is 0 Å². The van der Waals surface area contributed by atoms with Crippen LogP contribution in [0.3, 0.4) is 0 Å². The van der Waals surface area contributed by atoms with Gasteiger partial charge in [0, 0.05) is 6.42 Å². The molecular formula is C15H24O4. The van der Waals surface area contributed by atoms with Crippen molar-refractivity contribution in [3.63, 3.8) is 0 Å². The lowest BCUT2D eigenvalue weighted by Crippen LogP contribution is -2.26. The summed E-state index contributed by atoms with van der Waals surface area (Å²) in [6.07, 6.45) is 8.11. The first-order chi connectivity index (χ1) is 9.17. The fourth-order valence-corrected chi connectivity index (χ4v) is 2.46. The Bertz CT molecular complexity index is 305. The number of rotatable bonds is 8. The molecule has 0 N–H and O–H groups in total. The molecule has 0 aromatic rings. The molecular weight excluding hydrogens is 244 g/mol. The Morgan fingerprint density at radius 2 is 1.95 bits per heavy atom. The Labute approximate surface area is 115 Å². The van der Waals surface area contributed by atoms with Crippen LogP contribution in [0.25, 0.3) is 0 Å². The van der Waals surface area contributed by atoms with Crippen molar-refractivity contribution in [2.75, 3.05) is 13.7 Å². The highest BCUT2D eigenvalue weighted by atomic mass is 16.5. The number of carbonyl (C=O) groups is 2. The van der Waals surface area contributed by atoms with Crippen LogP contribution < -0.4 is 0 Å². The third-order valence-corrected chi connectivity index (χ3v) is 3.62. The van der Waals surface area contributed by atoms with Gasteiger partial charge >= 0.3 is 5.97 Å². The largest absolute Gasteiger partial charge is 0.469 e. The van der Waals surface area contributed by atoms with Gasteiger partial charge in [-0.25, -0.2) is 0 Å². The van der Waals surface area contributed by atoms with Gasteiger partial charge in [0.2, 0.25) is 0 Å². The Hall–Kier alpha value is -1.16. The van der Waals surface area contributed by atoms with Crippen molar-refractivity contribution in [3.05, 3.63) is 12.7 Å². The Balaban J connectivity index is 2.26. The summed E-state index contributed by atoms with van der Waals surface area (Å²) in [6, 6.07) is 0. The van der Waals surface area contributed by atoms with Crippen molar-refractivity contribution in [3.8, 4) is 0 Å². The van der Waals surface area contributed by atoms with E-state index in [1.807, 2.05) is 0 Å². The van der Waals surface area contributed by atoms with E-state index in [2.05, 4.69) is 11.3 Å². The van der Waals surface area contributed by atoms with Crippen LogP contribution in [0.5, 0.6) is 0 Å². The molecule has 0 amide bonds. The molecule has 0 aliphatic heterocycles. The molecule has 1 atom stereocenters. The molecule has 4 heteroatoms. The molecule has 0 unspecified atom stereocenters. The second kappa shape index (κ2) is 8.86. The Kier molecular flexibility index (Phi) is 7.41. The molecule has 0 aromatic carbocycles. The Morgan fingerprint density at radius 1 is 1.26 bits per heavy atom. The summed E-state index contributed by atoms with van der Waals surface area (Å²) in [5, 5.41) is 0. The molecule has 1 aliphatic carbocycles. The van der Waals surface area contributed by atoms with E-state index >= 15 is 0 Å². The first kappa shape index (κ1) is 15.9. The first-order valence-electron chi connectivity index (χ1n) is 7.00. The summed E-state index contributed by atoms with van der Waals surface area (Å²) >= 11 is 0. The van der Waals surface area contributed by atoms with Crippen molar-refractivity contribution in [1.82, 2.24) is 0 Å². The van der Waals surface area contributed by atoms with E-state index in [4.69, 9.17) is 4.74 Å². The van der Waals surface area contributed by atoms with Crippen LogP contribution in [-0.2, 0) is 19.1 Å². The lowest BCUT2D eigenvalue weighted by Gasteiger charge is -2.27. The van der Waals surface area contributed by atoms with E-state index < -0.39 is 0 Å². The van der Waals surface area contributed by atoms with Crippen LogP contribution in [0.15, 0.2) is 12.7 Å². The van der Waals surface area contributed by atoms with Crippen molar-refractivity contribution >= 4 is 11.8 Å². The zero-order chi connectivity index (χ0) is 14.1.